The molecule has 0 spiro atoms. The van der Waals surface area contributed by atoms with Crippen molar-refractivity contribution in [1.29, 1.82) is 0 Å². The number of hydrogen-bond acceptors (Lipinski definition) is 4. The van der Waals surface area contributed by atoms with E-state index in [1.807, 2.05) is 18.2 Å². The van der Waals surface area contributed by atoms with E-state index in [0.717, 1.165) is 11.3 Å². The first-order valence-corrected chi connectivity index (χ1v) is 6.38. The minimum Gasteiger partial charge on any atom is -0.454 e. The topological polar surface area (TPSA) is 60.5 Å². The average Bonchev–Trinajstić information content (AvgIpc) is 2.92. The van der Waals surface area contributed by atoms with E-state index in [1.165, 1.54) is 12.4 Å². The first kappa shape index (κ1) is 12.7. The fourth-order valence-corrected chi connectivity index (χ4v) is 2.06. The van der Waals surface area contributed by atoms with Crippen LogP contribution in [0.2, 0.25) is 5.02 Å². The van der Waals surface area contributed by atoms with Crippen molar-refractivity contribution in [3.8, 4) is 11.5 Å². The van der Waals surface area contributed by atoms with Crippen LogP contribution in [0, 0.1) is 0 Å². The second kappa shape index (κ2) is 5.38. The number of ether oxygens (including phenoxy) is 2. The van der Waals surface area contributed by atoms with Crippen LogP contribution in [0.15, 0.2) is 36.7 Å². The van der Waals surface area contributed by atoms with Crippen molar-refractivity contribution in [3.63, 3.8) is 0 Å². The molecule has 0 saturated heterocycles. The zero-order valence-corrected chi connectivity index (χ0v) is 11.2. The Kier molecular flexibility index (Phi) is 3.43. The lowest BCUT2D eigenvalue weighted by Gasteiger charge is -2.07. The van der Waals surface area contributed by atoms with Gasteiger partial charge in [0.15, 0.2) is 11.5 Å². The maximum atomic E-state index is 12.0. The van der Waals surface area contributed by atoms with Gasteiger partial charge in [-0.2, -0.15) is 0 Å². The summed E-state index contributed by atoms with van der Waals surface area (Å²) in [6.45, 7) is 0.608. The molecule has 1 aliphatic rings. The Bertz CT molecular complexity index is 661. The Morgan fingerprint density at radius 3 is 3.00 bits per heavy atom. The molecule has 5 nitrogen and oxygen atoms in total. The van der Waals surface area contributed by atoms with Gasteiger partial charge in [0.2, 0.25) is 6.79 Å². The second-order valence-corrected chi connectivity index (χ2v) is 4.63. The molecule has 0 radical (unpaired) electrons. The molecule has 1 aromatic carbocycles. The molecule has 2 heterocycles. The number of halogens is 1. The van der Waals surface area contributed by atoms with E-state index in [2.05, 4.69) is 10.3 Å². The van der Waals surface area contributed by atoms with Crippen molar-refractivity contribution in [1.82, 2.24) is 10.3 Å². The van der Waals surface area contributed by atoms with Gasteiger partial charge in [0.1, 0.15) is 0 Å². The molecular weight excluding hydrogens is 280 g/mol. The first-order chi connectivity index (χ1) is 9.74. The van der Waals surface area contributed by atoms with Crippen molar-refractivity contribution < 1.29 is 14.3 Å². The van der Waals surface area contributed by atoms with Crippen LogP contribution in [0.3, 0.4) is 0 Å². The highest BCUT2D eigenvalue weighted by Gasteiger charge is 2.14. The summed E-state index contributed by atoms with van der Waals surface area (Å²) in [7, 11) is 0. The molecule has 102 valence electrons. The number of carbonyl (C=O) groups is 1. The molecule has 3 rings (SSSR count). The van der Waals surface area contributed by atoms with Gasteiger partial charge in [-0.3, -0.25) is 9.78 Å². The van der Waals surface area contributed by atoms with E-state index < -0.39 is 0 Å². The maximum Gasteiger partial charge on any atom is 0.254 e. The zero-order valence-electron chi connectivity index (χ0n) is 10.4. The molecule has 0 fully saturated rings. The van der Waals surface area contributed by atoms with Crippen LogP contribution in [-0.2, 0) is 6.54 Å². The van der Waals surface area contributed by atoms with E-state index in [9.17, 15) is 4.79 Å². The van der Waals surface area contributed by atoms with Gasteiger partial charge in [-0.15, -0.1) is 0 Å². The molecule has 1 aromatic heterocycles. The Balaban J connectivity index is 1.68. The fraction of sp³-hybridized carbons (Fsp3) is 0.143. The number of aromatic nitrogens is 1. The smallest absolute Gasteiger partial charge is 0.254 e. The number of nitrogens with one attached hydrogen (secondary N) is 1. The zero-order chi connectivity index (χ0) is 13.9. The Hall–Kier alpha value is -2.27. The number of nitrogens with zero attached hydrogens (tertiary/aromatic N) is 1. The second-order valence-electron chi connectivity index (χ2n) is 4.23. The number of amides is 1. The number of fused-ring (bicyclic) bond motifs is 1. The molecule has 0 saturated carbocycles. The van der Waals surface area contributed by atoms with Crippen LogP contribution in [0.5, 0.6) is 11.5 Å². The van der Waals surface area contributed by atoms with Crippen molar-refractivity contribution in [3.05, 3.63) is 52.8 Å². The van der Waals surface area contributed by atoms with Gasteiger partial charge in [-0.25, -0.2) is 0 Å². The monoisotopic (exact) mass is 290 g/mol. The largest absolute Gasteiger partial charge is 0.454 e. The average molecular weight is 291 g/mol. The summed E-state index contributed by atoms with van der Waals surface area (Å²) in [5.74, 6) is 1.15. The van der Waals surface area contributed by atoms with E-state index in [4.69, 9.17) is 21.1 Å². The highest BCUT2D eigenvalue weighted by molar-refractivity contribution is 6.33. The van der Waals surface area contributed by atoms with Gasteiger partial charge < -0.3 is 14.8 Å². The minimum atomic E-state index is -0.263. The van der Waals surface area contributed by atoms with E-state index in [-0.39, 0.29) is 12.7 Å². The Morgan fingerprint density at radius 1 is 1.30 bits per heavy atom. The molecule has 1 amide bonds. The van der Waals surface area contributed by atoms with Crippen LogP contribution >= 0.6 is 11.6 Å². The van der Waals surface area contributed by atoms with Crippen LogP contribution in [-0.4, -0.2) is 17.7 Å². The third-order valence-corrected chi connectivity index (χ3v) is 3.23. The molecule has 0 unspecified atom stereocenters. The summed E-state index contributed by atoms with van der Waals surface area (Å²) in [6, 6.07) is 7.12. The van der Waals surface area contributed by atoms with Gasteiger partial charge in [-0.05, 0) is 23.8 Å². The van der Waals surface area contributed by atoms with E-state index in [0.29, 0.717) is 22.9 Å². The molecule has 1 N–H and O–H groups in total. The normalized spacial score (nSPS) is 12.2. The van der Waals surface area contributed by atoms with Gasteiger partial charge >= 0.3 is 0 Å². The van der Waals surface area contributed by atoms with Crippen molar-refractivity contribution in [2.75, 3.05) is 6.79 Å². The SMILES string of the molecule is O=C(NCc1ccc2c(c1)OCO2)c1cnccc1Cl. The van der Waals surface area contributed by atoms with E-state index >= 15 is 0 Å². The third-order valence-electron chi connectivity index (χ3n) is 2.90. The van der Waals surface area contributed by atoms with Gasteiger partial charge in [-0.1, -0.05) is 17.7 Å². The van der Waals surface area contributed by atoms with Crippen molar-refractivity contribution in [2.45, 2.75) is 6.54 Å². The van der Waals surface area contributed by atoms with Crippen LogP contribution in [0.1, 0.15) is 15.9 Å². The maximum absolute atomic E-state index is 12.0. The first-order valence-electron chi connectivity index (χ1n) is 6.00. The summed E-state index contributed by atoms with van der Waals surface area (Å²) in [5.41, 5.74) is 1.28. The summed E-state index contributed by atoms with van der Waals surface area (Å²) in [6.07, 6.45) is 2.98. The number of benzene rings is 1. The summed E-state index contributed by atoms with van der Waals surface area (Å²) in [5, 5.41) is 3.17. The molecular formula is C14H11ClN2O3. The van der Waals surface area contributed by atoms with Crippen LogP contribution < -0.4 is 14.8 Å². The summed E-state index contributed by atoms with van der Waals surface area (Å²) < 4.78 is 10.5. The van der Waals surface area contributed by atoms with Crippen molar-refractivity contribution in [2.24, 2.45) is 0 Å². The standard InChI is InChI=1S/C14H11ClN2O3/c15-11-3-4-16-7-10(11)14(18)17-6-9-1-2-12-13(5-9)20-8-19-12/h1-5,7H,6,8H2,(H,17,18). The Morgan fingerprint density at radius 2 is 2.15 bits per heavy atom. The molecule has 6 heteroatoms. The van der Waals surface area contributed by atoms with Crippen LogP contribution in [0.25, 0.3) is 0 Å². The quantitative estimate of drug-likeness (QED) is 0.943. The fourth-order valence-electron chi connectivity index (χ4n) is 1.87. The highest BCUT2D eigenvalue weighted by Crippen LogP contribution is 2.32. The number of hydrogen-bond donors (Lipinski definition) is 1. The van der Waals surface area contributed by atoms with Gasteiger partial charge in [0.05, 0.1) is 10.6 Å². The Labute approximate surface area is 120 Å². The molecule has 2 aromatic rings. The van der Waals surface area contributed by atoms with Crippen LogP contribution in [0.4, 0.5) is 0 Å². The number of pyridine rings is 1. The molecule has 0 aliphatic carbocycles. The summed E-state index contributed by atoms with van der Waals surface area (Å²) >= 11 is 5.94. The third kappa shape index (κ3) is 2.53. The molecule has 0 atom stereocenters. The lowest BCUT2D eigenvalue weighted by atomic mass is 10.2. The number of rotatable bonds is 3. The molecule has 1 aliphatic heterocycles. The molecule has 0 bridgehead atoms. The van der Waals surface area contributed by atoms with Gasteiger partial charge in [0, 0.05) is 18.9 Å². The number of carbonyl (C=O) groups excluding carboxylic acids is 1. The van der Waals surface area contributed by atoms with Gasteiger partial charge in [0.25, 0.3) is 5.91 Å². The molecule has 20 heavy (non-hydrogen) atoms. The predicted octanol–water partition coefficient (Wildman–Crippen LogP) is 2.39. The van der Waals surface area contributed by atoms with E-state index in [1.54, 1.807) is 6.07 Å². The summed E-state index contributed by atoms with van der Waals surface area (Å²) in [4.78, 5) is 15.9. The van der Waals surface area contributed by atoms with Crippen molar-refractivity contribution >= 4 is 17.5 Å². The predicted molar refractivity (Wildman–Crippen MR) is 73.0 cm³/mol. The highest BCUT2D eigenvalue weighted by atomic mass is 35.5. The lowest BCUT2D eigenvalue weighted by Crippen LogP contribution is -2.23. The minimum absolute atomic E-state index is 0.233. The lowest BCUT2D eigenvalue weighted by molar-refractivity contribution is 0.0950.